The van der Waals surface area contributed by atoms with Gasteiger partial charge in [-0.3, -0.25) is 19.6 Å². The molecular formula is C40H31Cl3F6N6O4. The molecule has 0 spiro atoms. The highest BCUT2D eigenvalue weighted by Gasteiger charge is 2.34. The quantitative estimate of drug-likeness (QED) is 0.0606. The number of aromatic nitrogens is 2. The van der Waals surface area contributed by atoms with Crippen LogP contribution in [0.3, 0.4) is 0 Å². The first-order valence-corrected chi connectivity index (χ1v) is 18.0. The number of hydrogen-bond donors (Lipinski definition) is 4. The van der Waals surface area contributed by atoms with Crippen LogP contribution in [0, 0.1) is 0 Å². The van der Waals surface area contributed by atoms with Crippen LogP contribution < -0.4 is 31.2 Å². The number of rotatable bonds is 10. The third-order valence-corrected chi connectivity index (χ3v) is 8.09. The average Bonchev–Trinajstić information content (AvgIpc) is 3.20. The minimum Gasteiger partial charge on any atom is -0.457 e. The SMILES string of the molecule is Nc1ccc(Oc2ccncc2)cc1.O=C(CCl)Nc1ccc(Cl)c(C(F)(F)F)c1.O=C(CNc1ccc(Oc2ccncc2)cc1)Nc1ccc(Cl)c(C(F)(F)F)c1. The van der Waals surface area contributed by atoms with E-state index in [0.717, 1.165) is 41.5 Å². The number of hydrogen-bond acceptors (Lipinski definition) is 8. The molecule has 0 unspecified atom stereocenters. The molecule has 0 aliphatic rings. The fourth-order valence-corrected chi connectivity index (χ4v) is 5.00. The number of anilines is 4. The molecule has 10 nitrogen and oxygen atoms in total. The maximum Gasteiger partial charge on any atom is 0.417 e. The molecule has 0 saturated carbocycles. The third kappa shape index (κ3) is 15.6. The zero-order valence-corrected chi connectivity index (χ0v) is 32.4. The fraction of sp³-hybridized carbons (Fsp3) is 0.100. The van der Waals surface area contributed by atoms with Crippen molar-refractivity contribution in [1.29, 1.82) is 0 Å². The summed E-state index contributed by atoms with van der Waals surface area (Å²) in [6.07, 6.45) is -2.56. The summed E-state index contributed by atoms with van der Waals surface area (Å²) in [5, 5.41) is 6.65. The van der Waals surface area contributed by atoms with E-state index in [-0.39, 0.29) is 23.8 Å². The molecule has 2 amide bonds. The Bertz CT molecular complexity index is 2270. The number of ether oxygens (including phenoxy) is 2. The van der Waals surface area contributed by atoms with Gasteiger partial charge in [0.2, 0.25) is 11.8 Å². The van der Waals surface area contributed by atoms with Gasteiger partial charge in [0.15, 0.2) is 0 Å². The summed E-state index contributed by atoms with van der Waals surface area (Å²) in [6.45, 7) is -0.130. The second kappa shape index (κ2) is 21.5. The molecule has 308 valence electrons. The first-order chi connectivity index (χ1) is 28.0. The summed E-state index contributed by atoms with van der Waals surface area (Å²) in [4.78, 5) is 30.7. The number of nitrogen functional groups attached to an aromatic ring is 1. The Hall–Kier alpha value is -6.23. The maximum atomic E-state index is 12.9. The van der Waals surface area contributed by atoms with Gasteiger partial charge in [-0.2, -0.15) is 26.3 Å². The summed E-state index contributed by atoms with van der Waals surface area (Å²) >= 11 is 16.2. The van der Waals surface area contributed by atoms with Crippen LogP contribution in [0.1, 0.15) is 11.1 Å². The summed E-state index contributed by atoms with van der Waals surface area (Å²) in [7, 11) is 0. The van der Waals surface area contributed by atoms with Crippen LogP contribution in [0.2, 0.25) is 10.0 Å². The molecule has 6 aromatic rings. The van der Waals surface area contributed by atoms with Gasteiger partial charge in [-0.15, -0.1) is 11.6 Å². The van der Waals surface area contributed by atoms with Gasteiger partial charge in [-0.25, -0.2) is 0 Å². The summed E-state index contributed by atoms with van der Waals surface area (Å²) in [5.74, 6) is 1.36. The highest BCUT2D eigenvalue weighted by molar-refractivity contribution is 6.32. The number of amides is 2. The van der Waals surface area contributed by atoms with E-state index in [0.29, 0.717) is 17.2 Å². The highest BCUT2D eigenvalue weighted by atomic mass is 35.5. The van der Waals surface area contributed by atoms with Gasteiger partial charge in [-0.1, -0.05) is 23.2 Å². The van der Waals surface area contributed by atoms with Crippen LogP contribution in [0.25, 0.3) is 0 Å². The molecule has 0 aliphatic carbocycles. The minimum atomic E-state index is -4.60. The molecule has 2 aromatic heterocycles. The molecule has 0 fully saturated rings. The lowest BCUT2D eigenvalue weighted by Gasteiger charge is -2.12. The Morgan fingerprint density at radius 2 is 0.932 bits per heavy atom. The lowest BCUT2D eigenvalue weighted by molar-refractivity contribution is -0.138. The maximum absolute atomic E-state index is 12.9. The van der Waals surface area contributed by atoms with Crippen LogP contribution in [0.5, 0.6) is 23.0 Å². The molecule has 0 aliphatic heterocycles. The van der Waals surface area contributed by atoms with Crippen LogP contribution in [0.4, 0.5) is 49.1 Å². The average molecular weight is 880 g/mol. The number of benzene rings is 4. The van der Waals surface area contributed by atoms with Crippen LogP contribution in [-0.4, -0.2) is 34.2 Å². The van der Waals surface area contributed by atoms with E-state index in [1.165, 1.54) is 12.1 Å². The highest BCUT2D eigenvalue weighted by Crippen LogP contribution is 2.37. The Balaban J connectivity index is 0.000000216. The van der Waals surface area contributed by atoms with E-state index in [1.807, 2.05) is 12.1 Å². The Morgan fingerprint density at radius 1 is 0.559 bits per heavy atom. The predicted octanol–water partition coefficient (Wildman–Crippen LogP) is 11.6. The van der Waals surface area contributed by atoms with Crippen LogP contribution in [-0.2, 0) is 21.9 Å². The summed E-state index contributed by atoms with van der Waals surface area (Å²) in [5.41, 5.74) is 4.94. The fourth-order valence-electron chi connectivity index (χ4n) is 4.48. The normalized spacial score (nSPS) is 10.8. The Labute approximate surface area is 348 Å². The number of nitrogens with two attached hydrogens (primary N) is 1. The Kier molecular flexibility index (Phi) is 16.6. The standard InChI is InChI=1S/C20H15ClF3N3O2.C11H10N2O.C9H6Cl2F3NO/c21-18-6-3-14(11-17(18)20(22,23)24)27-19(28)12-26-13-1-4-15(5-2-13)29-16-7-9-25-10-8-16;12-9-1-3-10(4-2-9)14-11-5-7-13-8-6-11;10-4-8(16)15-5-1-2-7(11)6(3-5)9(12,13)14/h1-11,26H,12H2,(H,27,28);1-8H,12H2;1-3H,4H2,(H,15,16). The molecule has 19 heteroatoms. The smallest absolute Gasteiger partial charge is 0.417 e. The van der Waals surface area contributed by atoms with E-state index in [1.54, 1.807) is 85.5 Å². The summed E-state index contributed by atoms with van der Waals surface area (Å²) in [6, 6.07) is 27.5. The molecular weight excluding hydrogens is 849 g/mol. The lowest BCUT2D eigenvalue weighted by Crippen LogP contribution is -2.22. The van der Waals surface area contributed by atoms with Crippen LogP contribution in [0.15, 0.2) is 134 Å². The molecule has 59 heavy (non-hydrogen) atoms. The molecule has 0 radical (unpaired) electrons. The molecule has 4 aromatic carbocycles. The van der Waals surface area contributed by atoms with Crippen molar-refractivity contribution in [2.75, 3.05) is 34.1 Å². The first-order valence-electron chi connectivity index (χ1n) is 16.7. The molecule has 2 heterocycles. The van der Waals surface area contributed by atoms with Gasteiger partial charge >= 0.3 is 12.4 Å². The molecule has 5 N–H and O–H groups in total. The summed E-state index contributed by atoms with van der Waals surface area (Å²) < 4.78 is 87.1. The van der Waals surface area contributed by atoms with Gasteiger partial charge in [0, 0.05) is 47.5 Å². The van der Waals surface area contributed by atoms with Gasteiger partial charge in [0.25, 0.3) is 0 Å². The first kappa shape index (κ1) is 45.5. The van der Waals surface area contributed by atoms with Gasteiger partial charge < -0.3 is 31.2 Å². The second-order valence-corrected chi connectivity index (χ2v) is 12.7. The minimum absolute atomic E-state index is 0.00220. The topological polar surface area (TPSA) is 140 Å². The van der Waals surface area contributed by atoms with Crippen molar-refractivity contribution in [2.24, 2.45) is 0 Å². The van der Waals surface area contributed by atoms with Crippen molar-refractivity contribution in [3.63, 3.8) is 0 Å². The lowest BCUT2D eigenvalue weighted by atomic mass is 10.2. The van der Waals surface area contributed by atoms with Crippen molar-refractivity contribution in [1.82, 2.24) is 9.97 Å². The number of nitrogens with one attached hydrogen (secondary N) is 3. The monoisotopic (exact) mass is 878 g/mol. The largest absolute Gasteiger partial charge is 0.457 e. The number of carbonyl (C=O) groups is 2. The van der Waals surface area contributed by atoms with E-state index >= 15 is 0 Å². The van der Waals surface area contributed by atoms with E-state index in [4.69, 9.17) is 50.0 Å². The Morgan fingerprint density at radius 3 is 1.34 bits per heavy atom. The zero-order valence-electron chi connectivity index (χ0n) is 30.1. The van der Waals surface area contributed by atoms with Crippen molar-refractivity contribution >= 4 is 69.4 Å². The molecule has 0 saturated heterocycles. The zero-order chi connectivity index (χ0) is 43.0. The van der Waals surface area contributed by atoms with Crippen molar-refractivity contribution in [2.45, 2.75) is 12.4 Å². The van der Waals surface area contributed by atoms with Crippen molar-refractivity contribution < 1.29 is 45.4 Å². The van der Waals surface area contributed by atoms with Crippen molar-refractivity contribution in [3.05, 3.63) is 155 Å². The van der Waals surface area contributed by atoms with Crippen LogP contribution >= 0.6 is 34.8 Å². The van der Waals surface area contributed by atoms with E-state index in [2.05, 4.69) is 25.9 Å². The molecule has 6 rings (SSSR count). The predicted molar refractivity (Wildman–Crippen MR) is 215 cm³/mol. The second-order valence-electron chi connectivity index (χ2n) is 11.6. The van der Waals surface area contributed by atoms with Gasteiger partial charge in [0.1, 0.15) is 28.9 Å². The number of alkyl halides is 7. The molecule has 0 atom stereocenters. The van der Waals surface area contributed by atoms with Crippen molar-refractivity contribution in [3.8, 4) is 23.0 Å². The van der Waals surface area contributed by atoms with E-state index in [9.17, 15) is 35.9 Å². The number of halogens is 9. The molecule has 0 bridgehead atoms. The van der Waals surface area contributed by atoms with Gasteiger partial charge in [-0.05, 0) is 109 Å². The van der Waals surface area contributed by atoms with E-state index < -0.39 is 45.3 Å². The number of pyridine rings is 2. The number of nitrogens with zero attached hydrogens (tertiary/aromatic N) is 2. The third-order valence-electron chi connectivity index (χ3n) is 7.19. The van der Waals surface area contributed by atoms with Gasteiger partial charge in [0.05, 0.1) is 27.7 Å². The number of carbonyl (C=O) groups excluding carboxylic acids is 2.